The average Bonchev–Trinajstić information content (AvgIpc) is 3.74. The third-order valence-electron chi connectivity index (χ3n) is 8.22. The number of carbonyl (C=O) groups is 1. The summed E-state index contributed by atoms with van der Waals surface area (Å²) in [6.45, 7) is 4.75. The van der Waals surface area contributed by atoms with Gasteiger partial charge < -0.3 is 14.7 Å². The van der Waals surface area contributed by atoms with Crippen LogP contribution in [-0.4, -0.2) is 71.3 Å². The Balaban J connectivity index is 1.41. The number of fused-ring (bicyclic) bond motifs is 1. The Labute approximate surface area is 245 Å². The molecule has 220 valence electrons. The number of ether oxygens (including phenoxy) is 1. The molecule has 0 amide bonds. The lowest BCUT2D eigenvalue weighted by molar-refractivity contribution is -0.136. The molecule has 0 saturated carbocycles. The van der Waals surface area contributed by atoms with Gasteiger partial charge in [-0.25, -0.2) is 13.4 Å². The number of pyridine rings is 1. The van der Waals surface area contributed by atoms with Crippen molar-refractivity contribution in [2.75, 3.05) is 37.7 Å². The molecule has 0 radical (unpaired) electrons. The maximum atomic E-state index is 13.9. The second-order valence-electron chi connectivity index (χ2n) is 11.0. The SMILES string of the molecule is CCOc1ccc(S(=O)(=O)N2C[C@@H](Cc3ccccc3)[C@@H](n3nc(CC(=O)O)c4ccc(N5CCCC5)cc43)C2)cn1. The molecule has 2 aromatic heterocycles. The largest absolute Gasteiger partial charge is 0.481 e. The summed E-state index contributed by atoms with van der Waals surface area (Å²) in [5.74, 6) is -0.667. The van der Waals surface area contributed by atoms with Gasteiger partial charge in [0.2, 0.25) is 15.9 Å². The highest BCUT2D eigenvalue weighted by atomic mass is 32.2. The van der Waals surface area contributed by atoms with Gasteiger partial charge in [0.25, 0.3) is 0 Å². The van der Waals surface area contributed by atoms with Gasteiger partial charge in [-0.15, -0.1) is 0 Å². The first kappa shape index (κ1) is 28.2. The van der Waals surface area contributed by atoms with Crippen LogP contribution in [0.15, 0.2) is 71.8 Å². The van der Waals surface area contributed by atoms with Crippen molar-refractivity contribution in [1.82, 2.24) is 19.1 Å². The fourth-order valence-electron chi connectivity index (χ4n) is 6.20. The molecule has 2 atom stereocenters. The first-order chi connectivity index (χ1) is 20.3. The quantitative estimate of drug-likeness (QED) is 0.293. The van der Waals surface area contributed by atoms with Gasteiger partial charge in [-0.1, -0.05) is 30.3 Å². The molecule has 2 aliphatic rings. The number of sulfonamides is 1. The zero-order chi connectivity index (χ0) is 29.3. The van der Waals surface area contributed by atoms with Crippen molar-refractivity contribution in [2.24, 2.45) is 5.92 Å². The summed E-state index contributed by atoms with van der Waals surface area (Å²) in [6.07, 6.45) is 4.06. The molecule has 2 fully saturated rings. The lowest BCUT2D eigenvalue weighted by atomic mass is 9.95. The molecule has 4 aromatic rings. The number of hydrogen-bond donors (Lipinski definition) is 1. The van der Waals surface area contributed by atoms with E-state index in [1.807, 2.05) is 54.1 Å². The van der Waals surface area contributed by atoms with E-state index in [-0.39, 0.29) is 29.8 Å². The Bertz CT molecular complexity index is 1670. The van der Waals surface area contributed by atoms with E-state index in [2.05, 4.69) is 16.0 Å². The summed E-state index contributed by atoms with van der Waals surface area (Å²) in [6, 6.07) is 18.9. The fraction of sp³-hybridized carbons (Fsp3) is 0.387. The number of carboxylic acid groups (broad SMARTS) is 1. The molecule has 10 nitrogen and oxygen atoms in total. The van der Waals surface area contributed by atoms with Crippen LogP contribution >= 0.6 is 0 Å². The zero-order valence-electron chi connectivity index (χ0n) is 23.6. The first-order valence-corrected chi connectivity index (χ1v) is 15.9. The van der Waals surface area contributed by atoms with Crippen molar-refractivity contribution < 1.29 is 23.1 Å². The predicted molar refractivity (Wildman–Crippen MR) is 159 cm³/mol. The van der Waals surface area contributed by atoms with Crippen LogP contribution in [0.2, 0.25) is 0 Å². The summed E-state index contributed by atoms with van der Waals surface area (Å²) in [5.41, 5.74) is 3.50. The molecule has 11 heteroatoms. The van der Waals surface area contributed by atoms with Crippen molar-refractivity contribution in [3.8, 4) is 5.88 Å². The van der Waals surface area contributed by atoms with Gasteiger partial charge in [0.1, 0.15) is 4.90 Å². The highest BCUT2D eigenvalue weighted by Gasteiger charge is 2.41. The minimum absolute atomic E-state index is 0.0888. The van der Waals surface area contributed by atoms with Crippen molar-refractivity contribution >= 4 is 32.6 Å². The number of nitrogens with zero attached hydrogens (tertiary/aromatic N) is 5. The van der Waals surface area contributed by atoms with Gasteiger partial charge in [-0.05, 0) is 56.0 Å². The standard InChI is InChI=1S/C31H35N5O5S/c1-2-41-30-13-11-25(19-32-30)42(39,40)35-20-23(16-22-8-4-3-5-9-22)29(21-35)36-28-17-24(34-14-6-7-15-34)10-12-26(28)27(33-36)18-31(37)38/h3-5,8-13,17,19,23,29H,2,6-7,14-16,18,20-21H2,1H3,(H,37,38)/t23-,29+/m1/s1. The highest BCUT2D eigenvalue weighted by molar-refractivity contribution is 7.89. The molecular weight excluding hydrogens is 554 g/mol. The molecule has 2 aliphatic heterocycles. The van der Waals surface area contributed by atoms with Crippen LogP contribution in [-0.2, 0) is 27.7 Å². The molecule has 1 N–H and O–H groups in total. The van der Waals surface area contributed by atoms with Crippen LogP contribution in [0.1, 0.15) is 37.1 Å². The Morgan fingerprint density at radius 2 is 1.83 bits per heavy atom. The van der Waals surface area contributed by atoms with Gasteiger partial charge in [-0.3, -0.25) is 9.48 Å². The van der Waals surface area contributed by atoms with E-state index in [1.165, 1.54) is 16.6 Å². The number of rotatable bonds is 10. The minimum atomic E-state index is -3.85. The number of aromatic nitrogens is 3. The maximum absolute atomic E-state index is 13.9. The van der Waals surface area contributed by atoms with Gasteiger partial charge in [0.15, 0.2) is 0 Å². The van der Waals surface area contributed by atoms with Crippen LogP contribution in [0.5, 0.6) is 5.88 Å². The van der Waals surface area contributed by atoms with E-state index >= 15 is 0 Å². The second-order valence-corrected chi connectivity index (χ2v) is 12.9. The molecule has 0 aliphatic carbocycles. The highest BCUT2D eigenvalue weighted by Crippen LogP contribution is 2.38. The molecule has 2 aromatic carbocycles. The molecule has 4 heterocycles. The molecule has 0 bridgehead atoms. The summed E-state index contributed by atoms with van der Waals surface area (Å²) in [7, 11) is -3.85. The van der Waals surface area contributed by atoms with E-state index in [0.717, 1.165) is 48.1 Å². The van der Waals surface area contributed by atoms with Gasteiger partial charge >= 0.3 is 5.97 Å². The van der Waals surface area contributed by atoms with Crippen LogP contribution in [0.25, 0.3) is 10.9 Å². The topological polar surface area (TPSA) is 118 Å². The van der Waals surface area contributed by atoms with Crippen LogP contribution in [0.3, 0.4) is 0 Å². The van der Waals surface area contributed by atoms with Crippen molar-refractivity contribution in [1.29, 1.82) is 0 Å². The number of benzene rings is 2. The third kappa shape index (κ3) is 5.58. The maximum Gasteiger partial charge on any atom is 0.309 e. The van der Waals surface area contributed by atoms with Crippen molar-refractivity contribution in [3.05, 3.63) is 78.1 Å². The van der Waals surface area contributed by atoms with Crippen LogP contribution < -0.4 is 9.64 Å². The monoisotopic (exact) mass is 589 g/mol. The predicted octanol–water partition coefficient (Wildman–Crippen LogP) is 4.16. The van der Waals surface area contributed by atoms with E-state index in [0.29, 0.717) is 31.1 Å². The van der Waals surface area contributed by atoms with Gasteiger partial charge in [-0.2, -0.15) is 9.40 Å². The average molecular weight is 590 g/mol. The Kier molecular flexibility index (Phi) is 7.87. The van der Waals surface area contributed by atoms with Crippen molar-refractivity contribution in [3.63, 3.8) is 0 Å². The van der Waals surface area contributed by atoms with E-state index < -0.39 is 16.0 Å². The number of carboxylic acids is 1. The molecule has 42 heavy (non-hydrogen) atoms. The Morgan fingerprint density at radius 1 is 1.05 bits per heavy atom. The lowest BCUT2D eigenvalue weighted by Gasteiger charge is -2.21. The minimum Gasteiger partial charge on any atom is -0.481 e. The normalized spacial score (nSPS) is 19.5. The summed E-state index contributed by atoms with van der Waals surface area (Å²) in [5, 5.41) is 15.3. The second kappa shape index (κ2) is 11.7. The Morgan fingerprint density at radius 3 is 2.52 bits per heavy atom. The van der Waals surface area contributed by atoms with E-state index in [4.69, 9.17) is 9.84 Å². The number of anilines is 1. The van der Waals surface area contributed by atoms with Crippen LogP contribution in [0.4, 0.5) is 5.69 Å². The number of hydrogen-bond acceptors (Lipinski definition) is 7. The smallest absolute Gasteiger partial charge is 0.309 e. The zero-order valence-corrected chi connectivity index (χ0v) is 24.4. The summed E-state index contributed by atoms with van der Waals surface area (Å²) < 4.78 is 36.5. The lowest BCUT2D eigenvalue weighted by Crippen LogP contribution is -2.29. The number of aliphatic carboxylic acids is 1. The van der Waals surface area contributed by atoms with Gasteiger partial charge in [0, 0.05) is 49.2 Å². The third-order valence-corrected chi connectivity index (χ3v) is 10.0. The molecule has 0 unspecified atom stereocenters. The molecule has 0 spiro atoms. The van der Waals surface area contributed by atoms with Gasteiger partial charge in [0.05, 0.1) is 36.5 Å². The van der Waals surface area contributed by atoms with E-state index in [1.54, 1.807) is 6.07 Å². The fourth-order valence-corrected chi connectivity index (χ4v) is 7.66. The molecular formula is C31H35N5O5S. The molecule has 6 rings (SSSR count). The molecule has 2 saturated heterocycles. The first-order valence-electron chi connectivity index (χ1n) is 14.4. The Hall–Kier alpha value is -3.96. The summed E-state index contributed by atoms with van der Waals surface area (Å²) >= 11 is 0. The van der Waals surface area contributed by atoms with E-state index in [9.17, 15) is 18.3 Å². The van der Waals surface area contributed by atoms with Crippen LogP contribution in [0, 0.1) is 5.92 Å². The van der Waals surface area contributed by atoms with Crippen molar-refractivity contribution in [2.45, 2.75) is 43.5 Å². The summed E-state index contributed by atoms with van der Waals surface area (Å²) in [4.78, 5) is 18.4.